The predicted molar refractivity (Wildman–Crippen MR) is 253 cm³/mol. The van der Waals surface area contributed by atoms with E-state index in [0.717, 1.165) is 39.5 Å². The fourth-order valence-corrected chi connectivity index (χ4v) is 13.1. The maximum atomic E-state index is 6.47. The van der Waals surface area contributed by atoms with Crippen LogP contribution in [0, 0.1) is 23.7 Å². The second-order valence-electron chi connectivity index (χ2n) is 18.8. The summed E-state index contributed by atoms with van der Waals surface area (Å²) in [6, 6.07) is 65.9. The Bertz CT molecular complexity index is 2710. The van der Waals surface area contributed by atoms with Gasteiger partial charge in [-0.2, -0.15) is 0 Å². The summed E-state index contributed by atoms with van der Waals surface area (Å²) in [7, 11) is 0. The first-order valence-electron chi connectivity index (χ1n) is 23.1. The monoisotopic (exact) mass is 794 g/mol. The molecule has 3 nitrogen and oxygen atoms in total. The highest BCUT2D eigenvalue weighted by atomic mass is 16.3. The normalized spacial score (nSPS) is 23.4. The van der Waals surface area contributed by atoms with Crippen molar-refractivity contribution in [3.05, 3.63) is 193 Å². The molecule has 5 fully saturated rings. The van der Waals surface area contributed by atoms with E-state index in [2.05, 4.69) is 186 Å². The van der Waals surface area contributed by atoms with E-state index in [0.29, 0.717) is 17.8 Å². The minimum atomic E-state index is -0.0119. The maximum Gasteiger partial charge on any atom is 0.137 e. The van der Waals surface area contributed by atoms with Crippen LogP contribution in [0.2, 0.25) is 0 Å². The summed E-state index contributed by atoms with van der Waals surface area (Å²) in [5.74, 6) is 3.71. The van der Waals surface area contributed by atoms with Gasteiger partial charge in [0.2, 0.25) is 0 Å². The summed E-state index contributed by atoms with van der Waals surface area (Å²) in [4.78, 5) is 4.88. The molecule has 1 heterocycles. The summed E-state index contributed by atoms with van der Waals surface area (Å²) in [6.07, 6.45) is 13.5. The van der Waals surface area contributed by atoms with Gasteiger partial charge in [0.1, 0.15) is 11.2 Å². The van der Waals surface area contributed by atoms with Crippen LogP contribution in [0.4, 0.5) is 34.1 Å². The van der Waals surface area contributed by atoms with Gasteiger partial charge in [0, 0.05) is 39.2 Å². The molecule has 0 spiro atoms. The number of nitrogens with zero attached hydrogens (tertiary/aromatic N) is 2. The van der Waals surface area contributed by atoms with E-state index >= 15 is 0 Å². The molecule has 13 rings (SSSR count). The minimum absolute atomic E-state index is 0.0119. The van der Waals surface area contributed by atoms with Gasteiger partial charge in [0.15, 0.2) is 0 Å². The lowest BCUT2D eigenvalue weighted by molar-refractivity contribution is -0.0418. The fraction of sp³-hybridized carbons (Fsp3) is 0.276. The first kappa shape index (κ1) is 36.8. The number of hydrogen-bond donors (Lipinski definition) is 0. The number of benzene rings is 7. The third-order valence-electron chi connectivity index (χ3n) is 15.5. The molecular weight excluding hydrogens is 741 g/mol. The molecule has 4 bridgehead atoms. The lowest BCUT2D eigenvalue weighted by Gasteiger charge is -2.62. The Labute approximate surface area is 360 Å². The molecule has 5 aliphatic rings. The smallest absolute Gasteiger partial charge is 0.137 e. The Morgan fingerprint density at radius 1 is 0.410 bits per heavy atom. The van der Waals surface area contributed by atoms with Gasteiger partial charge < -0.3 is 14.2 Å². The highest BCUT2D eigenvalue weighted by Crippen LogP contribution is 2.65. The number of furan rings is 1. The van der Waals surface area contributed by atoms with E-state index in [1.807, 2.05) is 0 Å². The zero-order chi connectivity index (χ0) is 40.3. The van der Waals surface area contributed by atoms with Crippen LogP contribution in [0.1, 0.15) is 86.8 Å². The fourth-order valence-electron chi connectivity index (χ4n) is 13.1. The minimum Gasteiger partial charge on any atom is -0.456 e. The van der Waals surface area contributed by atoms with Crippen molar-refractivity contribution in [1.29, 1.82) is 0 Å². The summed E-state index contributed by atoms with van der Waals surface area (Å²) in [5, 5.41) is 2.32. The van der Waals surface area contributed by atoms with Crippen LogP contribution in [-0.2, 0) is 5.41 Å². The zero-order valence-corrected chi connectivity index (χ0v) is 35.0. The van der Waals surface area contributed by atoms with Gasteiger partial charge in [-0.05, 0) is 170 Å². The summed E-state index contributed by atoms with van der Waals surface area (Å²) < 4.78 is 6.47. The Hall–Kier alpha value is -6.06. The quantitative estimate of drug-likeness (QED) is 0.145. The summed E-state index contributed by atoms with van der Waals surface area (Å²) >= 11 is 0. The molecule has 61 heavy (non-hydrogen) atoms. The molecule has 5 aliphatic carbocycles. The molecule has 8 aromatic rings. The van der Waals surface area contributed by atoms with E-state index in [9.17, 15) is 0 Å². The van der Waals surface area contributed by atoms with Crippen LogP contribution < -0.4 is 9.80 Å². The van der Waals surface area contributed by atoms with Crippen LogP contribution in [0.15, 0.2) is 180 Å². The molecule has 5 saturated carbocycles. The van der Waals surface area contributed by atoms with E-state index in [1.54, 1.807) is 0 Å². The van der Waals surface area contributed by atoms with E-state index in [4.69, 9.17) is 4.42 Å². The number of anilines is 6. The topological polar surface area (TPSA) is 19.6 Å². The van der Waals surface area contributed by atoms with Gasteiger partial charge in [-0.3, -0.25) is 0 Å². The first-order chi connectivity index (χ1) is 30.2. The maximum absolute atomic E-state index is 6.47. The van der Waals surface area contributed by atoms with Crippen LogP contribution in [0.25, 0.3) is 21.9 Å². The van der Waals surface area contributed by atoms with Crippen LogP contribution >= 0.6 is 0 Å². The van der Waals surface area contributed by atoms with Crippen LogP contribution in [0.3, 0.4) is 0 Å². The Balaban J connectivity index is 0.973. The average Bonchev–Trinajstić information content (AvgIpc) is 3.71. The van der Waals surface area contributed by atoms with Gasteiger partial charge >= 0.3 is 0 Å². The molecule has 0 saturated heterocycles. The summed E-state index contributed by atoms with van der Waals surface area (Å²) in [6.45, 7) is 0. The molecular formula is C58H54N2O. The summed E-state index contributed by atoms with van der Waals surface area (Å²) in [5.41, 5.74) is 13.4. The number of rotatable bonds is 9. The molecule has 0 aliphatic heterocycles. The van der Waals surface area contributed by atoms with Gasteiger partial charge in [-0.25, -0.2) is 0 Å². The van der Waals surface area contributed by atoms with Crippen LogP contribution in [-0.4, -0.2) is 0 Å². The van der Waals surface area contributed by atoms with Gasteiger partial charge in [-0.1, -0.05) is 116 Å². The van der Waals surface area contributed by atoms with Crippen molar-refractivity contribution in [2.45, 2.75) is 75.5 Å². The van der Waals surface area contributed by atoms with Gasteiger partial charge in [0.25, 0.3) is 0 Å². The largest absolute Gasteiger partial charge is 0.456 e. The van der Waals surface area contributed by atoms with Crippen molar-refractivity contribution in [1.82, 2.24) is 0 Å². The predicted octanol–water partition coefficient (Wildman–Crippen LogP) is 16.3. The van der Waals surface area contributed by atoms with Gasteiger partial charge in [-0.15, -0.1) is 0 Å². The first-order valence-corrected chi connectivity index (χ1v) is 23.1. The molecule has 302 valence electrons. The average molecular weight is 795 g/mol. The van der Waals surface area contributed by atoms with E-state index < -0.39 is 0 Å². The third kappa shape index (κ3) is 6.22. The Kier molecular flexibility index (Phi) is 9.12. The second-order valence-corrected chi connectivity index (χ2v) is 18.8. The standard InChI is InChI=1S/C58H54N2O/c1-4-13-42(14-5-1)43-23-29-51(30-24-43)60(54-20-12-22-56-57(54)53-19-10-11-21-55(53)61-56)52-33-27-45(28-34-52)58(46-36-40-35-41(38-46)39-47(58)37-40)44-25-31-50(32-26-44)59(48-15-6-2-7-16-48)49-17-8-3-9-18-49/h2-3,6-12,15-34,40-42,46-47H,1,4-5,13-14,35-39H2. The van der Waals surface area contributed by atoms with Crippen molar-refractivity contribution in [2.75, 3.05) is 9.80 Å². The number of hydrogen-bond acceptors (Lipinski definition) is 3. The van der Waals surface area contributed by atoms with Crippen molar-refractivity contribution in [2.24, 2.45) is 23.7 Å². The lowest BCUT2D eigenvalue weighted by atomic mass is 9.42. The highest BCUT2D eigenvalue weighted by molar-refractivity contribution is 6.13. The zero-order valence-electron chi connectivity index (χ0n) is 35.0. The third-order valence-corrected chi connectivity index (χ3v) is 15.5. The molecule has 0 N–H and O–H groups in total. The van der Waals surface area contributed by atoms with Crippen molar-refractivity contribution < 1.29 is 4.42 Å². The lowest BCUT2D eigenvalue weighted by Crippen LogP contribution is -2.56. The van der Waals surface area contributed by atoms with Crippen LogP contribution in [0.5, 0.6) is 0 Å². The molecule has 0 unspecified atom stereocenters. The number of para-hydroxylation sites is 3. The molecule has 0 radical (unpaired) electrons. The van der Waals surface area contributed by atoms with E-state index in [-0.39, 0.29) is 5.41 Å². The second kappa shape index (κ2) is 15.1. The SMILES string of the molecule is c1ccc(N(c2ccccc2)c2ccc(C3(c4ccc(N(c5ccc(C6CCCCC6)cc5)c5cccc6oc7ccccc7c56)cc4)C4CC5CC(C4)CC3C5)cc2)cc1. The number of fused-ring (bicyclic) bond motifs is 3. The Morgan fingerprint density at radius 2 is 0.902 bits per heavy atom. The molecule has 7 aromatic carbocycles. The van der Waals surface area contributed by atoms with Crippen molar-refractivity contribution in [3.63, 3.8) is 0 Å². The molecule has 0 amide bonds. The van der Waals surface area contributed by atoms with E-state index in [1.165, 1.54) is 109 Å². The highest BCUT2D eigenvalue weighted by Gasteiger charge is 2.58. The molecule has 3 heteroatoms. The Morgan fingerprint density at radius 3 is 1.49 bits per heavy atom. The molecule has 0 atom stereocenters. The van der Waals surface area contributed by atoms with Gasteiger partial charge in [0.05, 0.1) is 11.1 Å². The van der Waals surface area contributed by atoms with Crippen molar-refractivity contribution >= 4 is 56.1 Å². The van der Waals surface area contributed by atoms with Crippen molar-refractivity contribution in [3.8, 4) is 0 Å². The molecule has 1 aromatic heterocycles.